The van der Waals surface area contributed by atoms with Crippen molar-refractivity contribution in [1.82, 2.24) is 0 Å². The Morgan fingerprint density at radius 2 is 1.00 bits per heavy atom. The summed E-state index contributed by atoms with van der Waals surface area (Å²) in [6.07, 6.45) is 22.3. The lowest BCUT2D eigenvalue weighted by atomic mass is 10.1. The number of aliphatic hydroxyl groups is 1. The molecule has 0 bridgehead atoms. The Hall–Kier alpha value is -1.52. The van der Waals surface area contributed by atoms with Gasteiger partial charge in [0.05, 0.1) is 13.2 Å². The Bertz CT molecular complexity index is 808. The number of unbranched alkanes of at least 4 members (excludes halogenated alkanes) is 20. The van der Waals surface area contributed by atoms with Gasteiger partial charge in [0.25, 0.3) is 0 Å². The van der Waals surface area contributed by atoms with Gasteiger partial charge >= 0.3 is 25.7 Å². The van der Waals surface area contributed by atoms with Crippen LogP contribution in [0, 0.1) is 0 Å². The zero-order chi connectivity index (χ0) is 34.3. The Balaban J connectivity index is 4.51. The van der Waals surface area contributed by atoms with E-state index in [9.17, 15) is 23.8 Å². The second-order valence-corrected chi connectivity index (χ2v) is 13.7. The van der Waals surface area contributed by atoms with Gasteiger partial charge in [-0.05, 0) is 12.8 Å². The topological polar surface area (TPSA) is 166 Å². The summed E-state index contributed by atoms with van der Waals surface area (Å²) in [4.78, 5) is 45.7. The number of carboxylic acids is 1. The van der Waals surface area contributed by atoms with Crippen molar-refractivity contribution < 1.29 is 52.6 Å². The van der Waals surface area contributed by atoms with Gasteiger partial charge in [-0.1, -0.05) is 142 Å². The zero-order valence-electron chi connectivity index (χ0n) is 28.8. The number of phosphoric ester groups is 1. The molecule has 0 aliphatic heterocycles. The van der Waals surface area contributed by atoms with Crippen molar-refractivity contribution >= 4 is 25.7 Å². The molecule has 12 heteroatoms. The predicted molar refractivity (Wildman–Crippen MR) is 178 cm³/mol. The molecule has 46 heavy (non-hydrogen) atoms. The molecule has 0 rings (SSSR count). The van der Waals surface area contributed by atoms with E-state index in [1.807, 2.05) is 0 Å². The molecule has 0 saturated carbocycles. The molecule has 0 aromatic rings. The van der Waals surface area contributed by atoms with E-state index in [0.29, 0.717) is 12.8 Å². The van der Waals surface area contributed by atoms with E-state index in [1.165, 1.54) is 89.9 Å². The van der Waals surface area contributed by atoms with Gasteiger partial charge in [0, 0.05) is 12.8 Å². The number of esters is 2. The molecular formula is C34H65O11P. The van der Waals surface area contributed by atoms with Gasteiger partial charge < -0.3 is 24.6 Å². The molecule has 0 amide bonds. The van der Waals surface area contributed by atoms with E-state index in [2.05, 4.69) is 18.4 Å². The highest BCUT2D eigenvalue weighted by Gasteiger charge is 2.32. The molecule has 0 fully saturated rings. The van der Waals surface area contributed by atoms with Crippen LogP contribution < -0.4 is 0 Å². The van der Waals surface area contributed by atoms with Gasteiger partial charge in [0.2, 0.25) is 0 Å². The van der Waals surface area contributed by atoms with Crippen molar-refractivity contribution in [3.8, 4) is 0 Å². The molecule has 3 atom stereocenters. The molecule has 272 valence electrons. The van der Waals surface area contributed by atoms with Crippen LogP contribution in [0.4, 0.5) is 0 Å². The van der Waals surface area contributed by atoms with Crippen molar-refractivity contribution in [1.29, 1.82) is 0 Å². The highest BCUT2D eigenvalue weighted by atomic mass is 31.2. The molecule has 0 spiro atoms. The molecule has 0 heterocycles. The normalized spacial score (nSPS) is 14.0. The van der Waals surface area contributed by atoms with Crippen LogP contribution in [0.15, 0.2) is 0 Å². The summed E-state index contributed by atoms with van der Waals surface area (Å²) in [5.41, 5.74) is 0. The first-order valence-corrected chi connectivity index (χ1v) is 19.5. The molecule has 0 aliphatic rings. The van der Waals surface area contributed by atoms with E-state index in [1.54, 1.807) is 0 Å². The number of carboxylic acid groups (broad SMARTS) is 1. The lowest BCUT2D eigenvalue weighted by molar-refractivity contribution is -0.161. The maximum Gasteiger partial charge on any atom is 0.473 e. The molecule has 0 saturated heterocycles. The average Bonchev–Trinajstić information content (AvgIpc) is 3.02. The SMILES string of the molecule is CCCCCCCCCCCCCC(=O)OCC(COP(=O)(O)OC(CO)C(=O)O)OC(=O)CCCCCCCCCCCCC. The van der Waals surface area contributed by atoms with Gasteiger partial charge in [-0.3, -0.25) is 18.6 Å². The van der Waals surface area contributed by atoms with Crippen LogP contribution >= 0.6 is 7.82 Å². The van der Waals surface area contributed by atoms with E-state index < -0.39 is 51.2 Å². The van der Waals surface area contributed by atoms with Crippen LogP contribution in [0.5, 0.6) is 0 Å². The summed E-state index contributed by atoms with van der Waals surface area (Å²) >= 11 is 0. The number of ether oxygens (including phenoxy) is 2. The second kappa shape index (κ2) is 30.8. The molecule has 3 N–H and O–H groups in total. The van der Waals surface area contributed by atoms with Gasteiger partial charge in [0.15, 0.2) is 12.2 Å². The van der Waals surface area contributed by atoms with Crippen LogP contribution in [-0.4, -0.2) is 65.0 Å². The molecule has 3 unspecified atom stereocenters. The number of rotatable bonds is 34. The van der Waals surface area contributed by atoms with Crippen LogP contribution in [-0.2, 0) is 37.5 Å². The van der Waals surface area contributed by atoms with Crippen LogP contribution in [0.2, 0.25) is 0 Å². The van der Waals surface area contributed by atoms with Crippen molar-refractivity contribution in [2.24, 2.45) is 0 Å². The standard InChI is InChI=1S/C34H65O11P/c1-3-5-7-9-11-13-15-17-19-21-23-25-32(36)42-28-30(29-43-46(40,41)45-31(27-35)34(38)39)44-33(37)26-24-22-20-18-16-14-12-10-8-6-4-2/h30-31,35H,3-29H2,1-2H3,(H,38,39)(H,40,41). The summed E-state index contributed by atoms with van der Waals surface area (Å²) in [6, 6.07) is 0. The van der Waals surface area contributed by atoms with Gasteiger partial charge in [-0.2, -0.15) is 0 Å². The first-order valence-electron chi connectivity index (χ1n) is 18.0. The fraction of sp³-hybridized carbons (Fsp3) is 0.912. The summed E-state index contributed by atoms with van der Waals surface area (Å²) in [7, 11) is -4.93. The number of hydrogen-bond donors (Lipinski definition) is 3. The lowest BCUT2D eigenvalue weighted by Crippen LogP contribution is -2.31. The Morgan fingerprint density at radius 3 is 1.39 bits per heavy atom. The van der Waals surface area contributed by atoms with E-state index in [4.69, 9.17) is 24.2 Å². The van der Waals surface area contributed by atoms with E-state index in [-0.39, 0.29) is 19.4 Å². The lowest BCUT2D eigenvalue weighted by Gasteiger charge is -2.21. The first kappa shape index (κ1) is 44.5. The third-order valence-electron chi connectivity index (χ3n) is 7.82. The van der Waals surface area contributed by atoms with E-state index >= 15 is 0 Å². The number of aliphatic carboxylic acids is 1. The Morgan fingerprint density at radius 1 is 0.609 bits per heavy atom. The summed E-state index contributed by atoms with van der Waals surface area (Å²) in [5, 5.41) is 18.0. The molecule has 0 aromatic heterocycles. The van der Waals surface area contributed by atoms with Crippen molar-refractivity contribution in [2.75, 3.05) is 19.8 Å². The maximum atomic E-state index is 12.5. The third kappa shape index (κ3) is 28.7. The Kier molecular flexibility index (Phi) is 29.8. The third-order valence-corrected chi connectivity index (χ3v) is 8.82. The molecular weight excluding hydrogens is 615 g/mol. The fourth-order valence-corrected chi connectivity index (χ4v) is 5.91. The monoisotopic (exact) mass is 680 g/mol. The molecule has 11 nitrogen and oxygen atoms in total. The highest BCUT2D eigenvalue weighted by Crippen LogP contribution is 2.44. The minimum Gasteiger partial charge on any atom is -0.479 e. The smallest absolute Gasteiger partial charge is 0.473 e. The minimum absolute atomic E-state index is 0.138. The molecule has 0 aromatic carbocycles. The number of phosphoric acid groups is 1. The van der Waals surface area contributed by atoms with E-state index in [0.717, 1.165) is 38.5 Å². The van der Waals surface area contributed by atoms with Gasteiger partial charge in [-0.25, -0.2) is 9.36 Å². The van der Waals surface area contributed by atoms with Crippen molar-refractivity contribution in [2.45, 2.75) is 180 Å². The van der Waals surface area contributed by atoms with Crippen molar-refractivity contribution in [3.63, 3.8) is 0 Å². The fourth-order valence-electron chi connectivity index (χ4n) is 5.01. The van der Waals surface area contributed by atoms with Crippen LogP contribution in [0.3, 0.4) is 0 Å². The number of carbonyl (C=O) groups excluding carboxylic acids is 2. The first-order chi connectivity index (χ1) is 22.1. The summed E-state index contributed by atoms with van der Waals surface area (Å²) in [5.74, 6) is -2.68. The summed E-state index contributed by atoms with van der Waals surface area (Å²) in [6.45, 7) is 2.33. The molecule has 0 radical (unpaired) electrons. The quantitative estimate of drug-likeness (QED) is 0.0339. The predicted octanol–water partition coefficient (Wildman–Crippen LogP) is 8.42. The maximum absolute atomic E-state index is 12.5. The minimum atomic E-state index is -4.93. The number of hydrogen-bond acceptors (Lipinski definition) is 9. The zero-order valence-corrected chi connectivity index (χ0v) is 29.7. The largest absolute Gasteiger partial charge is 0.479 e. The average molecular weight is 681 g/mol. The van der Waals surface area contributed by atoms with Crippen LogP contribution in [0.25, 0.3) is 0 Å². The Labute approximate surface area is 278 Å². The molecule has 0 aliphatic carbocycles. The number of aliphatic hydroxyl groups excluding tert-OH is 1. The van der Waals surface area contributed by atoms with Gasteiger partial charge in [-0.15, -0.1) is 0 Å². The highest BCUT2D eigenvalue weighted by molar-refractivity contribution is 7.47. The van der Waals surface area contributed by atoms with Gasteiger partial charge in [0.1, 0.15) is 6.61 Å². The summed E-state index contributed by atoms with van der Waals surface area (Å²) < 4.78 is 32.2. The van der Waals surface area contributed by atoms with Crippen molar-refractivity contribution in [3.05, 3.63) is 0 Å². The van der Waals surface area contributed by atoms with Crippen LogP contribution in [0.1, 0.15) is 168 Å². The second-order valence-electron chi connectivity index (χ2n) is 12.2. The number of carbonyl (C=O) groups is 3.